The van der Waals surface area contributed by atoms with E-state index in [0.29, 0.717) is 35.1 Å². The van der Waals surface area contributed by atoms with E-state index < -0.39 is 36.7 Å². The third-order valence-corrected chi connectivity index (χ3v) is 10.7. The summed E-state index contributed by atoms with van der Waals surface area (Å²) in [5.74, 6) is 0.403. The molecule has 2 aliphatic rings. The Balaban J connectivity index is 1.88. The van der Waals surface area contributed by atoms with E-state index in [-0.39, 0.29) is 29.1 Å². The van der Waals surface area contributed by atoms with Crippen LogP contribution in [0.25, 0.3) is 33.4 Å². The van der Waals surface area contributed by atoms with Crippen molar-refractivity contribution in [2.24, 2.45) is 0 Å². The van der Waals surface area contributed by atoms with E-state index in [1.165, 1.54) is 12.1 Å². The molecule has 0 saturated heterocycles. The lowest BCUT2D eigenvalue weighted by molar-refractivity contribution is 0.0527. The summed E-state index contributed by atoms with van der Waals surface area (Å²) in [7, 11) is -9.51. The molecular weight excluding hydrogens is 681 g/mol. The number of rotatable bonds is 14. The number of sulfonamides is 1. The number of benzene rings is 3. The summed E-state index contributed by atoms with van der Waals surface area (Å²) in [4.78, 5) is 13.1. The molecule has 1 aliphatic heterocycles. The quantitative estimate of drug-likeness (QED) is 0.0755. The van der Waals surface area contributed by atoms with Crippen LogP contribution < -0.4 is 24.9 Å². The Morgan fingerprint density at radius 1 is 0.880 bits per heavy atom. The van der Waals surface area contributed by atoms with Gasteiger partial charge in [-0.3, -0.25) is 0 Å². The van der Waals surface area contributed by atoms with Crippen LogP contribution in [-0.4, -0.2) is 72.4 Å². The molecule has 0 saturated carbocycles. The number of ether oxygens (including phenoxy) is 1. The van der Waals surface area contributed by atoms with E-state index in [0.717, 1.165) is 43.3 Å². The number of unbranched alkanes of at least 4 members (excludes halogenated alkanes) is 1. The zero-order valence-corrected chi connectivity index (χ0v) is 31.5. The van der Waals surface area contributed by atoms with E-state index in [9.17, 15) is 26.2 Å². The van der Waals surface area contributed by atoms with Gasteiger partial charge in [0, 0.05) is 66.1 Å². The molecule has 0 bridgehead atoms. The number of nitrogens with zero attached hydrogens (tertiary/aromatic N) is 2. The lowest BCUT2D eigenvalue weighted by Gasteiger charge is -2.24. The molecule has 0 atom stereocenters. The SMILES string of the molecule is CCN(CC)c1ccc2c(-c3c(S(=O)(=O)[O-])cccc3S(=O)(=O)NCCCCNC(=O)OC(C)(C)C)c3ccc(=[N+](CC)CC)cc-3oc2c1. The van der Waals surface area contributed by atoms with E-state index in [1.54, 1.807) is 32.9 Å². The summed E-state index contributed by atoms with van der Waals surface area (Å²) in [6.45, 7) is 16.6. The van der Waals surface area contributed by atoms with Gasteiger partial charge < -0.3 is 23.9 Å². The highest BCUT2D eigenvalue weighted by atomic mass is 32.2. The average Bonchev–Trinajstić information content (AvgIpc) is 3.04. The number of hydrogen-bond acceptors (Lipinski definition) is 9. The smallest absolute Gasteiger partial charge is 0.407 e. The number of anilines is 1. The van der Waals surface area contributed by atoms with Crippen molar-refractivity contribution in [3.8, 4) is 22.5 Å². The number of amides is 1. The van der Waals surface area contributed by atoms with Crippen molar-refractivity contribution in [2.75, 3.05) is 44.2 Å². The minimum absolute atomic E-state index is 0.00178. The van der Waals surface area contributed by atoms with Crippen molar-refractivity contribution in [1.82, 2.24) is 14.6 Å². The molecular formula is C36H48N4O8S2. The molecule has 1 aliphatic carbocycles. The van der Waals surface area contributed by atoms with E-state index in [4.69, 9.17) is 9.15 Å². The molecule has 50 heavy (non-hydrogen) atoms. The molecule has 0 radical (unpaired) electrons. The predicted octanol–water partition coefficient (Wildman–Crippen LogP) is 5.35. The Bertz CT molecular complexity index is 2090. The summed E-state index contributed by atoms with van der Waals surface area (Å²) in [6.07, 6.45) is 0.242. The lowest BCUT2D eigenvalue weighted by Crippen LogP contribution is -2.33. The number of carbonyl (C=O) groups excluding carboxylic acids is 1. The van der Waals surface area contributed by atoms with Crippen LogP contribution in [0, 0.1) is 0 Å². The van der Waals surface area contributed by atoms with Crippen molar-refractivity contribution < 1.29 is 35.3 Å². The fraction of sp³-hybridized carbons (Fsp3) is 0.444. The third-order valence-electron chi connectivity index (χ3n) is 8.31. The summed E-state index contributed by atoms with van der Waals surface area (Å²) < 4.78 is 82.9. The van der Waals surface area contributed by atoms with Crippen molar-refractivity contribution in [3.63, 3.8) is 0 Å². The van der Waals surface area contributed by atoms with Crippen LogP contribution in [0.2, 0.25) is 0 Å². The molecule has 2 aromatic rings. The monoisotopic (exact) mass is 728 g/mol. The number of alkyl carbamates (subject to hydrolysis) is 1. The van der Waals surface area contributed by atoms with Gasteiger partial charge in [-0.15, -0.1) is 0 Å². The van der Waals surface area contributed by atoms with Crippen LogP contribution in [-0.2, 0) is 24.9 Å². The second-order valence-electron chi connectivity index (χ2n) is 12.8. The first-order chi connectivity index (χ1) is 23.5. The molecule has 12 nitrogen and oxygen atoms in total. The number of fused-ring (bicyclic) bond motifs is 2. The Morgan fingerprint density at radius 2 is 1.54 bits per heavy atom. The molecule has 2 aromatic carbocycles. The standard InChI is InChI=1S/C36H48N4O8S2/c1-8-39(9-2)25-17-19-27-29(23-25)47-30-24-26(40(10-3)11-4)18-20-28(30)33(27)34-31(15-14-16-32(34)50(44,45)46)49(42,43)38-22-13-12-21-37-35(41)48-36(5,6)7/h14-20,23-24,38H,8-13,21-22H2,1-7H3,(H-,37,41,44,45,46). The van der Waals surface area contributed by atoms with Gasteiger partial charge in [0.1, 0.15) is 40.2 Å². The summed E-state index contributed by atoms with van der Waals surface area (Å²) in [6, 6.07) is 14.7. The highest BCUT2D eigenvalue weighted by Gasteiger charge is 2.29. The topological polar surface area (TPSA) is 161 Å². The van der Waals surface area contributed by atoms with Crippen molar-refractivity contribution in [1.29, 1.82) is 0 Å². The van der Waals surface area contributed by atoms with Crippen LogP contribution >= 0.6 is 0 Å². The van der Waals surface area contributed by atoms with Gasteiger partial charge in [0.2, 0.25) is 15.4 Å². The number of nitrogens with one attached hydrogen (secondary N) is 2. The highest BCUT2D eigenvalue weighted by molar-refractivity contribution is 7.89. The normalized spacial score (nSPS) is 12.3. The van der Waals surface area contributed by atoms with Gasteiger partial charge in [-0.2, -0.15) is 0 Å². The maximum atomic E-state index is 14.0. The van der Waals surface area contributed by atoms with Gasteiger partial charge in [-0.05, 0) is 91.6 Å². The molecule has 0 fully saturated rings. The van der Waals surface area contributed by atoms with Gasteiger partial charge in [-0.1, -0.05) is 6.07 Å². The molecule has 14 heteroatoms. The second kappa shape index (κ2) is 15.9. The van der Waals surface area contributed by atoms with Gasteiger partial charge in [0.05, 0.1) is 15.9 Å². The molecule has 0 unspecified atom stereocenters. The first kappa shape index (κ1) is 38.8. The Morgan fingerprint density at radius 3 is 2.16 bits per heavy atom. The summed E-state index contributed by atoms with van der Waals surface area (Å²) in [5.41, 5.74) is 1.12. The van der Waals surface area contributed by atoms with E-state index in [2.05, 4.69) is 19.5 Å². The van der Waals surface area contributed by atoms with Crippen LogP contribution in [0.15, 0.2) is 68.8 Å². The van der Waals surface area contributed by atoms with Crippen LogP contribution in [0.4, 0.5) is 10.5 Å². The zero-order valence-electron chi connectivity index (χ0n) is 29.8. The molecule has 272 valence electrons. The first-order valence-electron chi connectivity index (χ1n) is 16.9. The van der Waals surface area contributed by atoms with Crippen LogP contribution in [0.1, 0.15) is 61.3 Å². The van der Waals surface area contributed by atoms with Gasteiger partial charge in [-0.25, -0.2) is 30.9 Å². The maximum absolute atomic E-state index is 14.0. The Kier molecular flexibility index (Phi) is 12.4. The van der Waals surface area contributed by atoms with Gasteiger partial charge in [0.25, 0.3) is 0 Å². The van der Waals surface area contributed by atoms with E-state index in [1.807, 2.05) is 52.0 Å². The second-order valence-corrected chi connectivity index (χ2v) is 15.9. The van der Waals surface area contributed by atoms with Crippen molar-refractivity contribution in [2.45, 2.75) is 76.7 Å². The van der Waals surface area contributed by atoms with Crippen molar-refractivity contribution >= 4 is 42.9 Å². The minimum Gasteiger partial charge on any atom is -0.744 e. The maximum Gasteiger partial charge on any atom is 0.407 e. The van der Waals surface area contributed by atoms with Crippen LogP contribution in [0.5, 0.6) is 0 Å². The molecule has 0 spiro atoms. The van der Waals surface area contributed by atoms with Crippen molar-refractivity contribution in [3.05, 3.63) is 60.0 Å². The third kappa shape index (κ3) is 9.02. The number of carbonyl (C=O) groups is 1. The van der Waals surface area contributed by atoms with Gasteiger partial charge >= 0.3 is 6.09 Å². The largest absolute Gasteiger partial charge is 0.744 e. The minimum atomic E-state index is -5.16. The Hall–Kier alpha value is -3.98. The predicted molar refractivity (Wildman–Crippen MR) is 195 cm³/mol. The average molecular weight is 729 g/mol. The fourth-order valence-corrected chi connectivity index (χ4v) is 8.02. The molecule has 1 heterocycles. The molecule has 4 rings (SSSR count). The number of hydrogen-bond donors (Lipinski definition) is 2. The highest BCUT2D eigenvalue weighted by Crippen LogP contribution is 2.45. The van der Waals surface area contributed by atoms with Crippen LogP contribution in [0.3, 0.4) is 0 Å². The van der Waals surface area contributed by atoms with Gasteiger partial charge in [0.15, 0.2) is 0 Å². The molecule has 2 N–H and O–H groups in total. The summed E-state index contributed by atoms with van der Waals surface area (Å²) in [5, 5.41) is 3.96. The molecule has 0 aromatic heterocycles. The zero-order chi connectivity index (χ0) is 36.9. The van der Waals surface area contributed by atoms with E-state index >= 15 is 0 Å². The first-order valence-corrected chi connectivity index (χ1v) is 19.8. The molecule has 1 amide bonds. The Labute approximate surface area is 295 Å². The lowest BCUT2D eigenvalue weighted by atomic mass is 9.93. The fourth-order valence-electron chi connectivity index (χ4n) is 5.94. The summed E-state index contributed by atoms with van der Waals surface area (Å²) >= 11 is 0.